The minimum absolute atomic E-state index is 0.196. The second kappa shape index (κ2) is 9.61. The molecule has 6 heteroatoms. The summed E-state index contributed by atoms with van der Waals surface area (Å²) in [4.78, 5) is 7.17. The van der Waals surface area contributed by atoms with Crippen LogP contribution in [-0.4, -0.2) is 60.4 Å². The van der Waals surface area contributed by atoms with Crippen molar-refractivity contribution in [1.29, 1.82) is 0 Å². The molecule has 5 nitrogen and oxygen atoms in total. The molecule has 0 aromatic heterocycles. The zero-order valence-corrected chi connectivity index (χ0v) is 19.3. The van der Waals surface area contributed by atoms with Gasteiger partial charge < -0.3 is 20.6 Å². The molecule has 0 saturated carbocycles. The van der Waals surface area contributed by atoms with E-state index in [2.05, 4.69) is 72.5 Å². The number of rotatable bonds is 5. The third-order valence-electron chi connectivity index (χ3n) is 5.89. The Balaban J connectivity index is 1.52. The predicted molar refractivity (Wildman–Crippen MR) is 126 cm³/mol. The molecule has 2 aliphatic rings. The lowest BCUT2D eigenvalue weighted by molar-refractivity contribution is 0.0778. The summed E-state index contributed by atoms with van der Waals surface area (Å²) in [5.74, 6) is 2.67. The van der Waals surface area contributed by atoms with Crippen molar-refractivity contribution in [1.82, 2.24) is 10.6 Å². The third kappa shape index (κ3) is 6.29. The van der Waals surface area contributed by atoms with Gasteiger partial charge in [-0.1, -0.05) is 32.9 Å². The molecule has 1 aromatic carbocycles. The van der Waals surface area contributed by atoms with Crippen molar-refractivity contribution in [3.8, 4) is 0 Å². The molecule has 2 aliphatic heterocycles. The molecular formula is C23H38N4OS. The monoisotopic (exact) mass is 418 g/mol. The van der Waals surface area contributed by atoms with Gasteiger partial charge in [0.05, 0.1) is 12.1 Å². The number of hydrogen-bond acceptors (Lipinski definition) is 4. The quantitative estimate of drug-likeness (QED) is 0.506. The van der Waals surface area contributed by atoms with Crippen LogP contribution in [0.4, 0.5) is 5.69 Å². The smallest absolute Gasteiger partial charge is 0.191 e. The lowest BCUT2D eigenvalue weighted by Gasteiger charge is -2.35. The largest absolute Gasteiger partial charge is 0.387 e. The molecule has 0 radical (unpaired) electrons. The topological polar surface area (TPSA) is 59.9 Å². The summed E-state index contributed by atoms with van der Waals surface area (Å²) >= 11 is 1.82. The van der Waals surface area contributed by atoms with E-state index < -0.39 is 5.60 Å². The van der Waals surface area contributed by atoms with Gasteiger partial charge in [-0.05, 0) is 55.1 Å². The van der Waals surface area contributed by atoms with Crippen molar-refractivity contribution in [3.05, 3.63) is 29.8 Å². The molecule has 29 heavy (non-hydrogen) atoms. The Labute approximate surface area is 180 Å². The Morgan fingerprint density at radius 1 is 1.24 bits per heavy atom. The molecule has 2 fully saturated rings. The van der Waals surface area contributed by atoms with E-state index in [1.54, 1.807) is 0 Å². The van der Waals surface area contributed by atoms with Crippen molar-refractivity contribution in [2.24, 2.45) is 4.99 Å². The minimum Gasteiger partial charge on any atom is -0.387 e. The van der Waals surface area contributed by atoms with Crippen LogP contribution < -0.4 is 15.5 Å². The highest BCUT2D eigenvalue weighted by Gasteiger charge is 2.31. The maximum Gasteiger partial charge on any atom is 0.191 e. The summed E-state index contributed by atoms with van der Waals surface area (Å²) in [6.07, 6.45) is 3.02. The van der Waals surface area contributed by atoms with Gasteiger partial charge >= 0.3 is 0 Å². The van der Waals surface area contributed by atoms with Gasteiger partial charge in [0.2, 0.25) is 0 Å². The van der Waals surface area contributed by atoms with E-state index in [-0.39, 0.29) is 5.41 Å². The summed E-state index contributed by atoms with van der Waals surface area (Å²) in [6, 6.07) is 9.48. The number of nitrogens with zero attached hydrogens (tertiary/aromatic N) is 2. The Morgan fingerprint density at radius 3 is 2.48 bits per heavy atom. The van der Waals surface area contributed by atoms with Crippen LogP contribution in [0.3, 0.4) is 0 Å². The highest BCUT2D eigenvalue weighted by Crippen LogP contribution is 2.28. The second-order valence-electron chi connectivity index (χ2n) is 9.42. The standard InChI is InChI=1S/C23H38N4OS/c1-5-24-21(25-16-23(28)12-15-29-17-23)26-19-10-13-27(14-11-19)20-8-6-18(7-9-20)22(2,3)4/h6-9,19,28H,5,10-17H2,1-4H3,(H2,24,25,26). The number of benzene rings is 1. The summed E-state index contributed by atoms with van der Waals surface area (Å²) in [5.41, 5.74) is 2.27. The first-order valence-corrected chi connectivity index (χ1v) is 12.1. The van der Waals surface area contributed by atoms with Gasteiger partial charge in [-0.2, -0.15) is 11.8 Å². The van der Waals surface area contributed by atoms with E-state index in [9.17, 15) is 5.11 Å². The lowest BCUT2D eigenvalue weighted by Crippen LogP contribution is -2.49. The van der Waals surface area contributed by atoms with Gasteiger partial charge in [0.1, 0.15) is 0 Å². The number of guanidine groups is 1. The molecule has 2 heterocycles. The number of aliphatic hydroxyl groups is 1. The Hall–Kier alpha value is -1.40. The molecule has 1 aromatic rings. The molecular weight excluding hydrogens is 380 g/mol. The fourth-order valence-electron chi connectivity index (χ4n) is 3.92. The minimum atomic E-state index is -0.629. The predicted octanol–water partition coefficient (Wildman–Crippen LogP) is 3.38. The zero-order valence-electron chi connectivity index (χ0n) is 18.5. The molecule has 1 atom stereocenters. The maximum absolute atomic E-state index is 10.6. The number of thioether (sulfide) groups is 1. The molecule has 0 bridgehead atoms. The van der Waals surface area contributed by atoms with Crippen LogP contribution in [0, 0.1) is 0 Å². The average Bonchev–Trinajstić information content (AvgIpc) is 3.13. The van der Waals surface area contributed by atoms with E-state index in [1.807, 2.05) is 11.8 Å². The van der Waals surface area contributed by atoms with Gasteiger partial charge in [-0.3, -0.25) is 4.99 Å². The molecule has 3 N–H and O–H groups in total. The second-order valence-corrected chi connectivity index (χ2v) is 10.5. The molecule has 0 spiro atoms. The van der Waals surface area contributed by atoms with Gasteiger partial charge in [-0.25, -0.2) is 0 Å². The zero-order chi connectivity index (χ0) is 20.9. The van der Waals surface area contributed by atoms with Crippen LogP contribution in [0.1, 0.15) is 52.5 Å². The summed E-state index contributed by atoms with van der Waals surface area (Å²) < 4.78 is 0. The highest BCUT2D eigenvalue weighted by molar-refractivity contribution is 7.99. The van der Waals surface area contributed by atoms with Gasteiger partial charge in [0, 0.05) is 37.1 Å². The fourth-order valence-corrected chi connectivity index (χ4v) is 5.20. The lowest BCUT2D eigenvalue weighted by atomic mass is 9.87. The van der Waals surface area contributed by atoms with Gasteiger partial charge in [-0.15, -0.1) is 0 Å². The Kier molecular flexibility index (Phi) is 7.38. The molecule has 162 valence electrons. The van der Waals surface area contributed by atoms with Crippen LogP contribution in [0.15, 0.2) is 29.3 Å². The van der Waals surface area contributed by atoms with Crippen molar-refractivity contribution in [3.63, 3.8) is 0 Å². The number of piperidine rings is 1. The van der Waals surface area contributed by atoms with E-state index >= 15 is 0 Å². The number of anilines is 1. The number of aliphatic imine (C=N–C) groups is 1. The van der Waals surface area contributed by atoms with Crippen LogP contribution in [-0.2, 0) is 5.41 Å². The highest BCUT2D eigenvalue weighted by atomic mass is 32.2. The van der Waals surface area contributed by atoms with E-state index in [1.165, 1.54) is 11.3 Å². The first kappa shape index (κ1) is 22.3. The Morgan fingerprint density at radius 2 is 1.93 bits per heavy atom. The molecule has 1 unspecified atom stereocenters. The first-order valence-electron chi connectivity index (χ1n) is 11.0. The average molecular weight is 419 g/mol. The first-order chi connectivity index (χ1) is 13.8. The van der Waals surface area contributed by atoms with Crippen molar-refractivity contribution < 1.29 is 5.11 Å². The third-order valence-corrected chi connectivity index (χ3v) is 7.13. The van der Waals surface area contributed by atoms with E-state index in [0.29, 0.717) is 12.6 Å². The molecule has 3 rings (SSSR count). The van der Waals surface area contributed by atoms with Crippen molar-refractivity contribution >= 4 is 23.4 Å². The summed E-state index contributed by atoms with van der Waals surface area (Å²) in [7, 11) is 0. The molecule has 0 amide bonds. The number of nitrogens with one attached hydrogen (secondary N) is 2. The van der Waals surface area contributed by atoms with Crippen molar-refractivity contribution in [2.75, 3.05) is 42.6 Å². The normalized spacial score (nSPS) is 24.0. The van der Waals surface area contributed by atoms with E-state index in [0.717, 1.165) is 56.4 Å². The fraction of sp³-hybridized carbons (Fsp3) is 0.696. The molecule has 2 saturated heterocycles. The van der Waals surface area contributed by atoms with Crippen LogP contribution in [0.25, 0.3) is 0 Å². The number of hydrogen-bond donors (Lipinski definition) is 3. The van der Waals surface area contributed by atoms with Gasteiger partial charge in [0.15, 0.2) is 5.96 Å². The molecule has 0 aliphatic carbocycles. The SMILES string of the molecule is CCNC(=NCC1(O)CCSC1)NC1CCN(c2ccc(C(C)(C)C)cc2)CC1. The Bertz CT molecular complexity index is 669. The van der Waals surface area contributed by atoms with Crippen LogP contribution in [0.5, 0.6) is 0 Å². The van der Waals surface area contributed by atoms with E-state index in [4.69, 9.17) is 0 Å². The van der Waals surface area contributed by atoms with Gasteiger partial charge in [0.25, 0.3) is 0 Å². The van der Waals surface area contributed by atoms with Crippen LogP contribution >= 0.6 is 11.8 Å². The van der Waals surface area contributed by atoms with Crippen molar-refractivity contribution in [2.45, 2.75) is 64.0 Å². The van der Waals surface area contributed by atoms with Crippen LogP contribution in [0.2, 0.25) is 0 Å². The summed E-state index contributed by atoms with van der Waals surface area (Å²) in [6.45, 7) is 12.3. The summed E-state index contributed by atoms with van der Waals surface area (Å²) in [5, 5.41) is 17.5. The maximum atomic E-state index is 10.6.